The second kappa shape index (κ2) is 5.69. The number of hydrogen-bond donors (Lipinski definition) is 0. The maximum absolute atomic E-state index is 12.6. The van der Waals surface area contributed by atoms with E-state index in [2.05, 4.69) is 0 Å². The molecule has 2 aliphatic rings. The molecule has 0 aromatic heterocycles. The zero-order valence-electron chi connectivity index (χ0n) is 13.1. The van der Waals surface area contributed by atoms with Gasteiger partial charge in [0, 0.05) is 31.4 Å². The lowest BCUT2D eigenvalue weighted by atomic mass is 10.1. The zero-order chi connectivity index (χ0) is 15.8. The van der Waals surface area contributed by atoms with Crippen LogP contribution >= 0.6 is 0 Å². The molecule has 118 valence electrons. The SMILES string of the molecule is O=C(C1CC(=O)N(c2cccc3ccccc23)C1)N1CCCC1. The van der Waals surface area contributed by atoms with Crippen molar-refractivity contribution in [1.82, 2.24) is 4.90 Å². The molecule has 2 aromatic rings. The molecular weight excluding hydrogens is 288 g/mol. The van der Waals surface area contributed by atoms with Crippen LogP contribution in [0.3, 0.4) is 0 Å². The van der Waals surface area contributed by atoms with Crippen molar-refractivity contribution in [1.29, 1.82) is 0 Å². The predicted molar refractivity (Wildman–Crippen MR) is 90.2 cm³/mol. The summed E-state index contributed by atoms with van der Waals surface area (Å²) in [5.41, 5.74) is 0.921. The molecule has 0 spiro atoms. The highest BCUT2D eigenvalue weighted by Gasteiger charge is 2.38. The first kappa shape index (κ1) is 14.2. The molecule has 4 rings (SSSR count). The topological polar surface area (TPSA) is 40.6 Å². The minimum Gasteiger partial charge on any atom is -0.342 e. The number of anilines is 1. The second-order valence-electron chi connectivity index (χ2n) is 6.44. The second-order valence-corrected chi connectivity index (χ2v) is 6.44. The van der Waals surface area contributed by atoms with Gasteiger partial charge < -0.3 is 9.80 Å². The van der Waals surface area contributed by atoms with Crippen LogP contribution in [0.4, 0.5) is 5.69 Å². The number of hydrogen-bond acceptors (Lipinski definition) is 2. The largest absolute Gasteiger partial charge is 0.342 e. The van der Waals surface area contributed by atoms with Gasteiger partial charge in [-0.05, 0) is 24.3 Å². The molecule has 0 radical (unpaired) electrons. The van der Waals surface area contributed by atoms with E-state index in [1.54, 1.807) is 4.90 Å². The highest BCUT2D eigenvalue weighted by Crippen LogP contribution is 2.32. The van der Waals surface area contributed by atoms with Gasteiger partial charge in [0.15, 0.2) is 0 Å². The van der Waals surface area contributed by atoms with Gasteiger partial charge in [-0.3, -0.25) is 9.59 Å². The Hall–Kier alpha value is -2.36. The smallest absolute Gasteiger partial charge is 0.228 e. The Morgan fingerprint density at radius 1 is 1.00 bits per heavy atom. The number of benzene rings is 2. The van der Waals surface area contributed by atoms with E-state index < -0.39 is 0 Å². The van der Waals surface area contributed by atoms with Crippen molar-refractivity contribution >= 4 is 28.3 Å². The molecule has 2 fully saturated rings. The van der Waals surface area contributed by atoms with Crippen molar-refractivity contribution in [3.05, 3.63) is 42.5 Å². The lowest BCUT2D eigenvalue weighted by molar-refractivity contribution is -0.134. The molecule has 2 aliphatic heterocycles. The summed E-state index contributed by atoms with van der Waals surface area (Å²) in [6, 6.07) is 14.1. The van der Waals surface area contributed by atoms with Crippen molar-refractivity contribution in [3.8, 4) is 0 Å². The average molecular weight is 308 g/mol. The number of likely N-dealkylation sites (tertiary alicyclic amines) is 1. The first-order valence-electron chi connectivity index (χ1n) is 8.31. The number of carbonyl (C=O) groups is 2. The van der Waals surface area contributed by atoms with E-state index >= 15 is 0 Å². The van der Waals surface area contributed by atoms with Gasteiger partial charge in [-0.25, -0.2) is 0 Å². The Labute approximate surface area is 135 Å². The Kier molecular flexibility index (Phi) is 3.52. The number of fused-ring (bicyclic) bond motifs is 1. The number of amides is 2. The minimum absolute atomic E-state index is 0.0545. The van der Waals surface area contributed by atoms with Crippen LogP contribution in [-0.2, 0) is 9.59 Å². The van der Waals surface area contributed by atoms with E-state index in [4.69, 9.17) is 0 Å². The van der Waals surface area contributed by atoms with Crippen molar-refractivity contribution in [2.45, 2.75) is 19.3 Å². The zero-order valence-corrected chi connectivity index (χ0v) is 13.1. The summed E-state index contributed by atoms with van der Waals surface area (Å²) in [5.74, 6) is 0.0112. The van der Waals surface area contributed by atoms with Gasteiger partial charge in [-0.15, -0.1) is 0 Å². The normalized spacial score (nSPS) is 21.4. The lowest BCUT2D eigenvalue weighted by Gasteiger charge is -2.21. The molecule has 2 aromatic carbocycles. The molecule has 1 unspecified atom stereocenters. The third-order valence-corrected chi connectivity index (χ3v) is 4.95. The summed E-state index contributed by atoms with van der Waals surface area (Å²) in [6.07, 6.45) is 2.50. The third kappa shape index (κ3) is 2.48. The van der Waals surface area contributed by atoms with E-state index in [1.807, 2.05) is 47.4 Å². The molecule has 4 nitrogen and oxygen atoms in total. The molecule has 1 atom stereocenters. The molecule has 23 heavy (non-hydrogen) atoms. The van der Waals surface area contributed by atoms with Crippen LogP contribution in [-0.4, -0.2) is 36.3 Å². The molecule has 0 N–H and O–H groups in total. The third-order valence-electron chi connectivity index (χ3n) is 4.95. The van der Waals surface area contributed by atoms with Crippen LogP contribution in [0.15, 0.2) is 42.5 Å². The summed E-state index contributed by atoms with van der Waals surface area (Å²) in [7, 11) is 0. The van der Waals surface area contributed by atoms with Crippen LogP contribution in [0.2, 0.25) is 0 Å². The maximum Gasteiger partial charge on any atom is 0.228 e. The molecule has 2 amide bonds. The number of nitrogens with zero attached hydrogens (tertiary/aromatic N) is 2. The van der Waals surface area contributed by atoms with Gasteiger partial charge in [0.25, 0.3) is 0 Å². The van der Waals surface area contributed by atoms with E-state index in [9.17, 15) is 9.59 Å². The molecule has 2 heterocycles. The molecule has 4 heteroatoms. The van der Waals surface area contributed by atoms with Crippen molar-refractivity contribution in [2.24, 2.45) is 5.92 Å². The van der Waals surface area contributed by atoms with Gasteiger partial charge in [-0.1, -0.05) is 36.4 Å². The van der Waals surface area contributed by atoms with Gasteiger partial charge >= 0.3 is 0 Å². The van der Waals surface area contributed by atoms with Gasteiger partial charge in [-0.2, -0.15) is 0 Å². The summed E-state index contributed by atoms with van der Waals surface area (Å²) in [5, 5.41) is 2.18. The van der Waals surface area contributed by atoms with Gasteiger partial charge in [0.2, 0.25) is 11.8 Å². The average Bonchev–Trinajstić information content (AvgIpc) is 3.23. The summed E-state index contributed by atoms with van der Waals surface area (Å²) >= 11 is 0. The fourth-order valence-electron chi connectivity index (χ4n) is 3.75. The quantitative estimate of drug-likeness (QED) is 0.856. The molecule has 2 saturated heterocycles. The Bertz CT molecular complexity index is 760. The summed E-state index contributed by atoms with van der Waals surface area (Å²) in [6.45, 7) is 2.19. The molecule has 0 aliphatic carbocycles. The lowest BCUT2D eigenvalue weighted by Crippen LogP contribution is -2.35. The van der Waals surface area contributed by atoms with Crippen molar-refractivity contribution < 1.29 is 9.59 Å². The Morgan fingerprint density at radius 2 is 1.74 bits per heavy atom. The predicted octanol–water partition coefficient (Wildman–Crippen LogP) is 2.82. The van der Waals surface area contributed by atoms with Gasteiger partial charge in [0.05, 0.1) is 11.6 Å². The van der Waals surface area contributed by atoms with Crippen LogP contribution in [0.1, 0.15) is 19.3 Å². The minimum atomic E-state index is -0.195. The van der Waals surface area contributed by atoms with Crippen LogP contribution in [0, 0.1) is 5.92 Å². The Morgan fingerprint density at radius 3 is 2.57 bits per heavy atom. The fourth-order valence-corrected chi connectivity index (χ4v) is 3.75. The molecule has 0 bridgehead atoms. The standard InChI is InChI=1S/C19H20N2O2/c22-18-12-15(19(23)20-10-3-4-11-20)13-21(18)17-9-5-7-14-6-1-2-8-16(14)17/h1-2,5-9,15H,3-4,10-13H2. The Balaban J connectivity index is 1.62. The van der Waals surface area contributed by atoms with Crippen LogP contribution in [0.25, 0.3) is 10.8 Å². The van der Waals surface area contributed by atoms with E-state index in [1.165, 1.54) is 0 Å². The van der Waals surface area contributed by atoms with E-state index in [0.29, 0.717) is 13.0 Å². The number of carbonyl (C=O) groups excluding carboxylic acids is 2. The maximum atomic E-state index is 12.6. The van der Waals surface area contributed by atoms with Gasteiger partial charge in [0.1, 0.15) is 0 Å². The van der Waals surface area contributed by atoms with E-state index in [0.717, 1.165) is 42.4 Å². The number of rotatable bonds is 2. The molecular formula is C19H20N2O2. The highest BCUT2D eigenvalue weighted by molar-refractivity contribution is 6.07. The first-order chi connectivity index (χ1) is 11.2. The van der Waals surface area contributed by atoms with Crippen LogP contribution in [0.5, 0.6) is 0 Å². The highest BCUT2D eigenvalue weighted by atomic mass is 16.2. The fraction of sp³-hybridized carbons (Fsp3) is 0.368. The van der Waals surface area contributed by atoms with Crippen LogP contribution < -0.4 is 4.90 Å². The van der Waals surface area contributed by atoms with Crippen molar-refractivity contribution in [3.63, 3.8) is 0 Å². The summed E-state index contributed by atoms with van der Waals surface area (Å²) in [4.78, 5) is 28.8. The monoisotopic (exact) mass is 308 g/mol. The first-order valence-corrected chi connectivity index (χ1v) is 8.31. The van der Waals surface area contributed by atoms with E-state index in [-0.39, 0.29) is 17.7 Å². The summed E-state index contributed by atoms with van der Waals surface area (Å²) < 4.78 is 0. The van der Waals surface area contributed by atoms with Crippen molar-refractivity contribution in [2.75, 3.05) is 24.5 Å². The molecule has 0 saturated carbocycles.